The fraction of sp³-hybridized carbons (Fsp3) is 0.471. The number of anilines is 1. The van der Waals surface area contributed by atoms with Crippen molar-refractivity contribution < 1.29 is 0 Å². The third-order valence-corrected chi connectivity index (χ3v) is 4.46. The molecule has 1 aliphatic rings. The third kappa shape index (κ3) is 2.87. The summed E-state index contributed by atoms with van der Waals surface area (Å²) in [6, 6.07) is 11.3. The van der Waals surface area contributed by atoms with E-state index in [1.807, 2.05) is 23.1 Å². The number of nitrogens with one attached hydrogen (secondary N) is 1. The molecule has 2 aromatic rings. The molecule has 0 spiro atoms. The van der Waals surface area contributed by atoms with Crippen molar-refractivity contribution in [2.75, 3.05) is 5.32 Å². The molecular formula is C17H23N3. The second-order valence-corrected chi connectivity index (χ2v) is 6.48. The summed E-state index contributed by atoms with van der Waals surface area (Å²) in [6.07, 6.45) is 7.75. The molecule has 1 heterocycles. The Morgan fingerprint density at radius 1 is 1.30 bits per heavy atom. The first-order chi connectivity index (χ1) is 9.63. The number of hydrogen-bond acceptors (Lipinski definition) is 2. The lowest BCUT2D eigenvalue weighted by atomic mass is 9.87. The van der Waals surface area contributed by atoms with Crippen molar-refractivity contribution in [3.05, 3.63) is 48.3 Å². The number of rotatable bonds is 4. The highest BCUT2D eigenvalue weighted by Crippen LogP contribution is 2.38. The summed E-state index contributed by atoms with van der Waals surface area (Å²) in [7, 11) is 0. The minimum Gasteiger partial charge on any atom is -0.382 e. The van der Waals surface area contributed by atoms with Crippen molar-refractivity contribution in [3.63, 3.8) is 0 Å². The zero-order valence-electron chi connectivity index (χ0n) is 12.3. The Bertz CT molecular complexity index is 540. The molecule has 20 heavy (non-hydrogen) atoms. The highest BCUT2D eigenvalue weighted by molar-refractivity contribution is 5.46. The summed E-state index contributed by atoms with van der Waals surface area (Å²) in [4.78, 5) is 0. The first-order valence-corrected chi connectivity index (χ1v) is 7.46. The van der Waals surface area contributed by atoms with Gasteiger partial charge in [-0.1, -0.05) is 32.4 Å². The Morgan fingerprint density at radius 2 is 2.10 bits per heavy atom. The summed E-state index contributed by atoms with van der Waals surface area (Å²) < 4.78 is 1.95. The monoisotopic (exact) mass is 269 g/mol. The molecule has 106 valence electrons. The van der Waals surface area contributed by atoms with Gasteiger partial charge in [-0.05, 0) is 42.0 Å². The summed E-state index contributed by atoms with van der Waals surface area (Å²) in [5.74, 6) is 0. The van der Waals surface area contributed by atoms with Crippen molar-refractivity contribution in [2.45, 2.75) is 45.7 Å². The number of benzene rings is 1. The van der Waals surface area contributed by atoms with Gasteiger partial charge in [-0.15, -0.1) is 0 Å². The molecule has 0 aliphatic heterocycles. The predicted octanol–water partition coefficient (Wildman–Crippen LogP) is 3.92. The largest absolute Gasteiger partial charge is 0.382 e. The molecule has 0 saturated heterocycles. The van der Waals surface area contributed by atoms with E-state index in [-0.39, 0.29) is 0 Å². The normalized spacial score (nSPS) is 21.0. The second-order valence-electron chi connectivity index (χ2n) is 6.48. The van der Waals surface area contributed by atoms with Gasteiger partial charge in [-0.3, -0.25) is 4.68 Å². The molecule has 3 nitrogen and oxygen atoms in total. The topological polar surface area (TPSA) is 29.9 Å². The highest BCUT2D eigenvalue weighted by Gasteiger charge is 2.34. The molecule has 0 radical (unpaired) electrons. The molecule has 3 rings (SSSR count). The molecule has 1 aromatic heterocycles. The van der Waals surface area contributed by atoms with Crippen molar-refractivity contribution >= 4 is 5.69 Å². The molecule has 1 N–H and O–H groups in total. The fourth-order valence-corrected chi connectivity index (χ4v) is 3.08. The van der Waals surface area contributed by atoms with Crippen LogP contribution in [-0.4, -0.2) is 15.8 Å². The molecule has 1 fully saturated rings. The van der Waals surface area contributed by atoms with Crippen LogP contribution < -0.4 is 5.32 Å². The molecule has 1 aliphatic carbocycles. The SMILES string of the molecule is CC1(C)CCCC1Nc1ccc(Cn2cccn2)cc1. The lowest BCUT2D eigenvalue weighted by Gasteiger charge is -2.28. The van der Waals surface area contributed by atoms with Crippen LogP contribution in [0.3, 0.4) is 0 Å². The molecular weight excluding hydrogens is 246 g/mol. The van der Waals surface area contributed by atoms with Crippen LogP contribution in [0, 0.1) is 5.41 Å². The molecule has 1 saturated carbocycles. The quantitative estimate of drug-likeness (QED) is 0.911. The van der Waals surface area contributed by atoms with Gasteiger partial charge >= 0.3 is 0 Å². The van der Waals surface area contributed by atoms with E-state index in [0.717, 1.165) is 6.54 Å². The average Bonchev–Trinajstić information content (AvgIpc) is 3.03. The zero-order chi connectivity index (χ0) is 14.0. The van der Waals surface area contributed by atoms with Gasteiger partial charge in [-0.25, -0.2) is 0 Å². The van der Waals surface area contributed by atoms with Gasteiger partial charge in [0.1, 0.15) is 0 Å². The van der Waals surface area contributed by atoms with E-state index in [9.17, 15) is 0 Å². The summed E-state index contributed by atoms with van der Waals surface area (Å²) in [5.41, 5.74) is 2.92. The maximum atomic E-state index is 4.24. The van der Waals surface area contributed by atoms with Crippen LogP contribution in [0.1, 0.15) is 38.7 Å². The molecule has 1 aromatic carbocycles. The van der Waals surface area contributed by atoms with E-state index in [1.54, 1.807) is 0 Å². The van der Waals surface area contributed by atoms with Crippen LogP contribution in [0.25, 0.3) is 0 Å². The smallest absolute Gasteiger partial charge is 0.0659 e. The van der Waals surface area contributed by atoms with Gasteiger partial charge in [0.15, 0.2) is 0 Å². The van der Waals surface area contributed by atoms with Crippen molar-refractivity contribution in [1.29, 1.82) is 0 Å². The van der Waals surface area contributed by atoms with Crippen LogP contribution in [0.2, 0.25) is 0 Å². The van der Waals surface area contributed by atoms with Crippen molar-refractivity contribution in [2.24, 2.45) is 5.41 Å². The third-order valence-electron chi connectivity index (χ3n) is 4.46. The van der Waals surface area contributed by atoms with Crippen LogP contribution in [0.5, 0.6) is 0 Å². The Kier molecular flexibility index (Phi) is 3.51. The average molecular weight is 269 g/mol. The summed E-state index contributed by atoms with van der Waals surface area (Å²) >= 11 is 0. The highest BCUT2D eigenvalue weighted by atomic mass is 15.3. The van der Waals surface area contributed by atoms with E-state index in [2.05, 4.69) is 48.5 Å². The molecule has 0 bridgehead atoms. The minimum atomic E-state index is 0.410. The van der Waals surface area contributed by atoms with E-state index in [0.29, 0.717) is 11.5 Å². The lowest BCUT2D eigenvalue weighted by molar-refractivity contribution is 0.350. The first kappa shape index (κ1) is 13.2. The number of aromatic nitrogens is 2. The standard InChI is InChI=1S/C17H23N3/c1-17(2)10-3-5-16(17)19-15-8-6-14(7-9-15)13-20-12-4-11-18-20/h4,6-9,11-12,16,19H,3,5,10,13H2,1-2H3. The van der Waals surface area contributed by atoms with Gasteiger partial charge in [0, 0.05) is 24.1 Å². The maximum absolute atomic E-state index is 4.24. The summed E-state index contributed by atoms with van der Waals surface area (Å²) in [5, 5.41) is 7.93. The van der Waals surface area contributed by atoms with E-state index in [1.165, 1.54) is 30.5 Å². The lowest BCUT2D eigenvalue weighted by Crippen LogP contribution is -2.30. The zero-order valence-corrected chi connectivity index (χ0v) is 12.3. The van der Waals surface area contributed by atoms with Gasteiger partial charge in [0.2, 0.25) is 0 Å². The Labute approximate surface area is 121 Å². The first-order valence-electron chi connectivity index (χ1n) is 7.46. The Balaban J connectivity index is 1.64. The van der Waals surface area contributed by atoms with Gasteiger partial charge in [-0.2, -0.15) is 5.10 Å². The Hall–Kier alpha value is -1.77. The van der Waals surface area contributed by atoms with Crippen LogP contribution >= 0.6 is 0 Å². The maximum Gasteiger partial charge on any atom is 0.0659 e. The molecule has 0 amide bonds. The van der Waals surface area contributed by atoms with E-state index >= 15 is 0 Å². The minimum absolute atomic E-state index is 0.410. The van der Waals surface area contributed by atoms with Crippen LogP contribution in [0.4, 0.5) is 5.69 Å². The van der Waals surface area contributed by atoms with Gasteiger partial charge in [0.05, 0.1) is 6.54 Å². The molecule has 1 atom stereocenters. The van der Waals surface area contributed by atoms with E-state index in [4.69, 9.17) is 0 Å². The van der Waals surface area contributed by atoms with Crippen molar-refractivity contribution in [1.82, 2.24) is 9.78 Å². The van der Waals surface area contributed by atoms with E-state index < -0.39 is 0 Å². The van der Waals surface area contributed by atoms with Crippen LogP contribution in [0.15, 0.2) is 42.7 Å². The van der Waals surface area contributed by atoms with Crippen molar-refractivity contribution in [3.8, 4) is 0 Å². The van der Waals surface area contributed by atoms with Crippen LogP contribution in [-0.2, 0) is 6.54 Å². The molecule has 1 unspecified atom stereocenters. The second kappa shape index (κ2) is 5.31. The van der Waals surface area contributed by atoms with Gasteiger partial charge < -0.3 is 5.32 Å². The Morgan fingerprint density at radius 3 is 2.70 bits per heavy atom. The predicted molar refractivity (Wildman–Crippen MR) is 82.8 cm³/mol. The fourth-order valence-electron chi connectivity index (χ4n) is 3.08. The number of nitrogens with zero attached hydrogens (tertiary/aromatic N) is 2. The van der Waals surface area contributed by atoms with Gasteiger partial charge in [0.25, 0.3) is 0 Å². The molecule has 3 heteroatoms. The number of hydrogen-bond donors (Lipinski definition) is 1. The summed E-state index contributed by atoms with van der Waals surface area (Å²) in [6.45, 7) is 5.57.